The molecule has 7 heteroatoms. The van der Waals surface area contributed by atoms with Gasteiger partial charge >= 0.3 is 12.0 Å². The number of anilines is 1. The summed E-state index contributed by atoms with van der Waals surface area (Å²) in [5.74, 6) is -1.41. The summed E-state index contributed by atoms with van der Waals surface area (Å²) in [5.41, 5.74) is 1.03. The molecule has 1 unspecified atom stereocenters. The van der Waals surface area contributed by atoms with E-state index in [-0.39, 0.29) is 16.8 Å². The number of carboxylic acids is 1. The van der Waals surface area contributed by atoms with E-state index in [0.29, 0.717) is 11.3 Å². The zero-order valence-electron chi connectivity index (χ0n) is 12.0. The third-order valence-corrected chi connectivity index (χ3v) is 3.64. The van der Waals surface area contributed by atoms with Gasteiger partial charge in [0.25, 0.3) is 0 Å². The number of amides is 2. The van der Waals surface area contributed by atoms with Gasteiger partial charge in [-0.05, 0) is 46.5 Å². The quantitative estimate of drug-likeness (QED) is 0.751. The average Bonchev–Trinajstić information content (AvgIpc) is 2.34. The molecule has 0 saturated heterocycles. The van der Waals surface area contributed by atoms with Gasteiger partial charge < -0.3 is 15.7 Å². The number of rotatable bonds is 5. The van der Waals surface area contributed by atoms with Gasteiger partial charge in [0.15, 0.2) is 0 Å². The van der Waals surface area contributed by atoms with Crippen LogP contribution in [0.2, 0.25) is 0 Å². The number of hydrogen-bond donors (Lipinski definition) is 3. The fourth-order valence-corrected chi connectivity index (χ4v) is 2.09. The van der Waals surface area contributed by atoms with Crippen LogP contribution in [0.1, 0.15) is 25.8 Å². The molecule has 21 heavy (non-hydrogen) atoms. The molecular formula is C14H18BrFN2O3. The number of nitrogens with one attached hydrogen (secondary N) is 2. The molecule has 0 aliphatic rings. The van der Waals surface area contributed by atoms with Crippen LogP contribution in [-0.2, 0) is 4.79 Å². The fourth-order valence-electron chi connectivity index (χ4n) is 1.75. The summed E-state index contributed by atoms with van der Waals surface area (Å²) >= 11 is 3.05. The van der Waals surface area contributed by atoms with Gasteiger partial charge in [-0.1, -0.05) is 13.8 Å². The Hall–Kier alpha value is -1.63. The molecule has 0 radical (unpaired) electrons. The van der Waals surface area contributed by atoms with E-state index in [1.54, 1.807) is 6.92 Å². The van der Waals surface area contributed by atoms with E-state index in [2.05, 4.69) is 26.6 Å². The first-order valence-corrected chi connectivity index (χ1v) is 7.25. The fraction of sp³-hybridized carbons (Fsp3) is 0.429. The minimum Gasteiger partial charge on any atom is -0.481 e. The maximum absolute atomic E-state index is 13.3. The molecule has 0 saturated carbocycles. The summed E-state index contributed by atoms with van der Waals surface area (Å²) in [7, 11) is 0. The van der Waals surface area contributed by atoms with Gasteiger partial charge in [0.05, 0.1) is 10.9 Å². The summed E-state index contributed by atoms with van der Waals surface area (Å²) in [6.07, 6.45) is -0.156. The lowest BCUT2D eigenvalue weighted by molar-refractivity contribution is -0.137. The maximum atomic E-state index is 13.3. The van der Waals surface area contributed by atoms with Crippen molar-refractivity contribution in [1.29, 1.82) is 0 Å². The number of urea groups is 1. The van der Waals surface area contributed by atoms with Crippen LogP contribution in [-0.4, -0.2) is 23.1 Å². The Bertz CT molecular complexity index is 549. The van der Waals surface area contributed by atoms with Crippen LogP contribution in [0.3, 0.4) is 0 Å². The highest BCUT2D eigenvalue weighted by Crippen LogP contribution is 2.24. The summed E-state index contributed by atoms with van der Waals surface area (Å²) in [5, 5.41) is 14.0. The topological polar surface area (TPSA) is 78.4 Å². The van der Waals surface area contributed by atoms with Crippen LogP contribution in [0.15, 0.2) is 16.6 Å². The van der Waals surface area contributed by atoms with Gasteiger partial charge in [-0.3, -0.25) is 4.79 Å². The average molecular weight is 361 g/mol. The predicted molar refractivity (Wildman–Crippen MR) is 81.9 cm³/mol. The highest BCUT2D eigenvalue weighted by atomic mass is 79.9. The number of carboxylic acid groups (broad SMARTS) is 1. The van der Waals surface area contributed by atoms with E-state index < -0.39 is 23.9 Å². The smallest absolute Gasteiger partial charge is 0.319 e. The molecule has 0 bridgehead atoms. The number of carbonyl (C=O) groups is 2. The van der Waals surface area contributed by atoms with Crippen molar-refractivity contribution in [3.8, 4) is 0 Å². The molecule has 1 aromatic rings. The third-order valence-electron chi connectivity index (χ3n) is 3.03. The molecular weight excluding hydrogens is 343 g/mol. The van der Waals surface area contributed by atoms with Gasteiger partial charge in [0, 0.05) is 11.7 Å². The Labute approximate surface area is 131 Å². The van der Waals surface area contributed by atoms with E-state index in [4.69, 9.17) is 5.11 Å². The summed E-state index contributed by atoms with van der Waals surface area (Å²) in [6, 6.07) is 1.77. The van der Waals surface area contributed by atoms with Crippen molar-refractivity contribution >= 4 is 33.6 Å². The van der Waals surface area contributed by atoms with Crippen molar-refractivity contribution < 1.29 is 19.1 Å². The monoisotopic (exact) mass is 360 g/mol. The molecule has 1 rings (SSSR count). The Morgan fingerprint density at radius 3 is 2.52 bits per heavy atom. The molecule has 116 valence electrons. The second kappa shape index (κ2) is 7.40. The predicted octanol–water partition coefficient (Wildman–Crippen LogP) is 3.52. The molecule has 3 N–H and O–H groups in total. The standard InChI is InChI=1S/C14H18BrFN2O3/c1-7(2)11(6-13(19)20)17-14(21)18-12-5-9(15)10(16)4-8(12)3/h4-5,7,11H,6H2,1-3H3,(H,19,20)(H2,17,18,21). The Morgan fingerprint density at radius 1 is 1.38 bits per heavy atom. The second-order valence-corrected chi connectivity index (χ2v) is 5.98. The van der Waals surface area contributed by atoms with E-state index in [1.807, 2.05) is 13.8 Å². The normalized spacial score (nSPS) is 12.1. The zero-order valence-corrected chi connectivity index (χ0v) is 13.6. The Kier molecular flexibility index (Phi) is 6.14. The molecule has 0 fully saturated rings. The lowest BCUT2D eigenvalue weighted by atomic mass is 10.0. The van der Waals surface area contributed by atoms with Crippen LogP contribution in [0.4, 0.5) is 14.9 Å². The molecule has 1 atom stereocenters. The number of carbonyl (C=O) groups excluding carboxylic acids is 1. The van der Waals surface area contributed by atoms with Crippen molar-refractivity contribution in [2.45, 2.75) is 33.2 Å². The highest BCUT2D eigenvalue weighted by molar-refractivity contribution is 9.10. The number of hydrogen-bond acceptors (Lipinski definition) is 2. The van der Waals surface area contributed by atoms with E-state index >= 15 is 0 Å². The van der Waals surface area contributed by atoms with E-state index in [9.17, 15) is 14.0 Å². The van der Waals surface area contributed by atoms with Crippen LogP contribution in [0.5, 0.6) is 0 Å². The van der Waals surface area contributed by atoms with Gasteiger partial charge in [-0.2, -0.15) is 0 Å². The number of aliphatic carboxylic acids is 1. The van der Waals surface area contributed by atoms with Crippen LogP contribution < -0.4 is 10.6 Å². The van der Waals surface area contributed by atoms with Gasteiger partial charge in [0.2, 0.25) is 0 Å². The largest absolute Gasteiger partial charge is 0.481 e. The molecule has 0 aromatic heterocycles. The molecule has 1 aromatic carbocycles. The van der Waals surface area contributed by atoms with Crippen molar-refractivity contribution in [1.82, 2.24) is 5.32 Å². The van der Waals surface area contributed by atoms with E-state index in [0.717, 1.165) is 0 Å². The Morgan fingerprint density at radius 2 is 2.00 bits per heavy atom. The molecule has 5 nitrogen and oxygen atoms in total. The first kappa shape index (κ1) is 17.4. The second-order valence-electron chi connectivity index (χ2n) is 5.13. The van der Waals surface area contributed by atoms with Crippen LogP contribution >= 0.6 is 15.9 Å². The molecule has 2 amide bonds. The van der Waals surface area contributed by atoms with Crippen molar-refractivity contribution in [2.24, 2.45) is 5.92 Å². The summed E-state index contributed by atoms with van der Waals surface area (Å²) < 4.78 is 13.6. The maximum Gasteiger partial charge on any atom is 0.319 e. The lowest BCUT2D eigenvalue weighted by Crippen LogP contribution is -2.42. The zero-order chi connectivity index (χ0) is 16.2. The van der Waals surface area contributed by atoms with Crippen molar-refractivity contribution in [3.05, 3.63) is 28.0 Å². The van der Waals surface area contributed by atoms with Gasteiger partial charge in [-0.15, -0.1) is 0 Å². The number of benzene rings is 1. The van der Waals surface area contributed by atoms with Crippen molar-refractivity contribution in [3.63, 3.8) is 0 Å². The minimum atomic E-state index is -0.977. The molecule has 0 spiro atoms. The summed E-state index contributed by atoms with van der Waals surface area (Å²) in [4.78, 5) is 22.7. The lowest BCUT2D eigenvalue weighted by Gasteiger charge is -2.21. The van der Waals surface area contributed by atoms with Crippen LogP contribution in [0, 0.1) is 18.7 Å². The SMILES string of the molecule is Cc1cc(F)c(Br)cc1NC(=O)NC(CC(=O)O)C(C)C. The van der Waals surface area contributed by atoms with Crippen molar-refractivity contribution in [2.75, 3.05) is 5.32 Å². The molecule has 0 aliphatic carbocycles. The first-order valence-electron chi connectivity index (χ1n) is 6.45. The Balaban J connectivity index is 2.76. The molecule has 0 heterocycles. The van der Waals surface area contributed by atoms with Gasteiger partial charge in [-0.25, -0.2) is 9.18 Å². The van der Waals surface area contributed by atoms with E-state index in [1.165, 1.54) is 12.1 Å². The molecule has 0 aliphatic heterocycles. The highest BCUT2D eigenvalue weighted by Gasteiger charge is 2.19. The number of aryl methyl sites for hydroxylation is 1. The number of halogens is 2. The summed E-state index contributed by atoms with van der Waals surface area (Å²) in [6.45, 7) is 5.32. The first-order chi connectivity index (χ1) is 9.70. The minimum absolute atomic E-state index is 0.0205. The van der Waals surface area contributed by atoms with Gasteiger partial charge in [0.1, 0.15) is 5.82 Å². The van der Waals surface area contributed by atoms with Crippen LogP contribution in [0.25, 0.3) is 0 Å². The third kappa shape index (κ3) is 5.34.